The van der Waals surface area contributed by atoms with E-state index < -0.39 is 0 Å². The van der Waals surface area contributed by atoms with Gasteiger partial charge in [0.1, 0.15) is 5.75 Å². The van der Waals surface area contributed by atoms with Crippen molar-refractivity contribution in [3.8, 4) is 22.7 Å². The number of hydrogen-bond donors (Lipinski definition) is 0. The molecule has 0 aliphatic carbocycles. The predicted octanol–water partition coefficient (Wildman–Crippen LogP) is 6.21. The Morgan fingerprint density at radius 1 is 0.675 bits per heavy atom. The van der Waals surface area contributed by atoms with Crippen LogP contribution in [0.3, 0.4) is 0 Å². The van der Waals surface area contributed by atoms with Gasteiger partial charge in [0, 0.05) is 43.1 Å². The maximum absolute atomic E-state index is 13.9. The van der Waals surface area contributed by atoms with Gasteiger partial charge in [0.15, 0.2) is 0 Å². The summed E-state index contributed by atoms with van der Waals surface area (Å²) >= 11 is 0. The number of aromatic nitrogens is 1. The van der Waals surface area contributed by atoms with Crippen molar-refractivity contribution in [3.63, 3.8) is 0 Å². The third kappa shape index (κ3) is 4.62. The molecule has 1 aliphatic heterocycles. The molecule has 2 amide bonds. The average molecular weight is 530 g/mol. The van der Waals surface area contributed by atoms with E-state index in [9.17, 15) is 9.59 Å². The molecule has 0 bridgehead atoms. The largest absolute Gasteiger partial charge is 0.497 e. The van der Waals surface area contributed by atoms with Crippen molar-refractivity contribution >= 4 is 22.6 Å². The van der Waals surface area contributed by atoms with E-state index in [1.54, 1.807) is 7.11 Å². The Hall–Kier alpha value is -4.84. The predicted molar refractivity (Wildman–Crippen MR) is 158 cm³/mol. The fourth-order valence-electron chi connectivity index (χ4n) is 5.57. The maximum atomic E-state index is 13.9. The smallest absolute Gasteiger partial charge is 0.255 e. The molecule has 4 aromatic carbocycles. The van der Waals surface area contributed by atoms with E-state index in [4.69, 9.17) is 4.74 Å². The lowest BCUT2D eigenvalue weighted by Gasteiger charge is -2.35. The summed E-state index contributed by atoms with van der Waals surface area (Å²) in [5.41, 5.74) is 5.20. The molecule has 0 atom stereocenters. The third-order valence-electron chi connectivity index (χ3n) is 7.75. The number of methoxy groups -OCH3 is 1. The highest BCUT2D eigenvalue weighted by Crippen LogP contribution is 2.31. The quantitative estimate of drug-likeness (QED) is 0.272. The van der Waals surface area contributed by atoms with Crippen LogP contribution in [0.2, 0.25) is 0 Å². The normalized spacial score (nSPS) is 13.4. The topological polar surface area (TPSA) is 54.8 Å². The van der Waals surface area contributed by atoms with Gasteiger partial charge < -0.3 is 19.1 Å². The Morgan fingerprint density at radius 2 is 1.27 bits per heavy atom. The number of nitrogens with zero attached hydrogens (tertiary/aromatic N) is 3. The number of fused-ring (bicyclic) bond motifs is 1. The van der Waals surface area contributed by atoms with Gasteiger partial charge in [0.2, 0.25) is 0 Å². The number of benzene rings is 4. The summed E-state index contributed by atoms with van der Waals surface area (Å²) < 4.78 is 7.48. The van der Waals surface area contributed by atoms with E-state index in [1.165, 1.54) is 0 Å². The van der Waals surface area contributed by atoms with Gasteiger partial charge in [-0.3, -0.25) is 9.59 Å². The molecule has 6 nitrogen and oxygen atoms in total. The molecule has 1 saturated heterocycles. The molecular formula is C34H31N3O3. The molecule has 0 radical (unpaired) electrons. The van der Waals surface area contributed by atoms with E-state index >= 15 is 0 Å². The Labute approximate surface area is 234 Å². The summed E-state index contributed by atoms with van der Waals surface area (Å²) in [6, 6.07) is 33.7. The summed E-state index contributed by atoms with van der Waals surface area (Å²) in [4.78, 5) is 31.0. The second-order valence-corrected chi connectivity index (χ2v) is 10.0. The minimum Gasteiger partial charge on any atom is -0.497 e. The lowest BCUT2D eigenvalue weighted by Crippen LogP contribution is -2.50. The van der Waals surface area contributed by atoms with Gasteiger partial charge in [-0.1, -0.05) is 54.6 Å². The maximum Gasteiger partial charge on any atom is 0.255 e. The number of carbonyl (C=O) groups excluding carboxylic acids is 2. The first-order valence-corrected chi connectivity index (χ1v) is 13.5. The molecule has 5 aromatic rings. The van der Waals surface area contributed by atoms with Crippen LogP contribution in [0.5, 0.6) is 5.75 Å². The number of amides is 2. The van der Waals surface area contributed by atoms with Crippen molar-refractivity contribution in [3.05, 3.63) is 120 Å². The van der Waals surface area contributed by atoms with Crippen LogP contribution in [0.4, 0.5) is 0 Å². The third-order valence-corrected chi connectivity index (χ3v) is 7.75. The van der Waals surface area contributed by atoms with E-state index in [0.717, 1.165) is 39.2 Å². The van der Waals surface area contributed by atoms with E-state index in [0.29, 0.717) is 37.3 Å². The fraction of sp³-hybridized carbons (Fsp3) is 0.176. The Morgan fingerprint density at radius 3 is 1.95 bits per heavy atom. The molecule has 0 unspecified atom stereocenters. The molecular weight excluding hydrogens is 498 g/mol. The standard InChI is InChI=1S/C34H31N3O3/c1-24-31(23-32(26-15-17-28(40-2)18-16-26)37(24)27-11-4-3-5-12-27)34(39)36-21-19-35(20-22-36)33(38)30-14-8-10-25-9-6-7-13-29(25)30/h3-18,23H,19-22H2,1-2H3. The van der Waals surface area contributed by atoms with Crippen LogP contribution in [0.1, 0.15) is 26.4 Å². The Bertz CT molecular complexity index is 1680. The zero-order chi connectivity index (χ0) is 27.6. The van der Waals surface area contributed by atoms with Crippen LogP contribution in [0.15, 0.2) is 103 Å². The molecule has 200 valence electrons. The fourth-order valence-corrected chi connectivity index (χ4v) is 5.57. The zero-order valence-corrected chi connectivity index (χ0v) is 22.7. The number of piperazine rings is 1. The summed E-state index contributed by atoms with van der Waals surface area (Å²) in [6.45, 7) is 3.97. The number of para-hydroxylation sites is 1. The van der Waals surface area contributed by atoms with Crippen molar-refractivity contribution < 1.29 is 14.3 Å². The second-order valence-electron chi connectivity index (χ2n) is 10.0. The van der Waals surface area contributed by atoms with Gasteiger partial charge in [-0.15, -0.1) is 0 Å². The molecule has 1 fully saturated rings. The highest BCUT2D eigenvalue weighted by atomic mass is 16.5. The van der Waals surface area contributed by atoms with E-state index in [1.807, 2.05) is 120 Å². The van der Waals surface area contributed by atoms with Gasteiger partial charge in [0.25, 0.3) is 11.8 Å². The first-order chi connectivity index (χ1) is 19.5. The molecule has 0 spiro atoms. The van der Waals surface area contributed by atoms with Gasteiger partial charge in [-0.05, 0) is 71.8 Å². The van der Waals surface area contributed by atoms with Gasteiger partial charge in [-0.25, -0.2) is 0 Å². The molecule has 0 N–H and O–H groups in total. The number of carbonyl (C=O) groups is 2. The molecule has 6 rings (SSSR count). The average Bonchev–Trinajstić information content (AvgIpc) is 3.37. The minimum atomic E-state index is -0.0146. The number of rotatable bonds is 5. The second kappa shape index (κ2) is 10.7. The summed E-state index contributed by atoms with van der Waals surface area (Å²) in [6.07, 6.45) is 0. The van der Waals surface area contributed by atoms with Gasteiger partial charge in [0.05, 0.1) is 18.4 Å². The summed E-state index contributed by atoms with van der Waals surface area (Å²) in [5, 5.41) is 2.01. The van der Waals surface area contributed by atoms with Crippen LogP contribution < -0.4 is 4.74 Å². The molecule has 2 heterocycles. The van der Waals surface area contributed by atoms with Crippen molar-refractivity contribution in [1.29, 1.82) is 0 Å². The van der Waals surface area contributed by atoms with Gasteiger partial charge in [-0.2, -0.15) is 0 Å². The SMILES string of the molecule is COc1ccc(-c2cc(C(=O)N3CCN(C(=O)c4cccc5ccccc45)CC3)c(C)n2-c2ccccc2)cc1. The first-order valence-electron chi connectivity index (χ1n) is 13.5. The highest BCUT2D eigenvalue weighted by molar-refractivity contribution is 6.07. The van der Waals surface area contributed by atoms with Crippen LogP contribution in [0, 0.1) is 6.92 Å². The lowest BCUT2D eigenvalue weighted by atomic mass is 10.0. The van der Waals surface area contributed by atoms with Gasteiger partial charge >= 0.3 is 0 Å². The molecule has 0 saturated carbocycles. The monoisotopic (exact) mass is 529 g/mol. The van der Waals surface area contributed by atoms with Crippen molar-refractivity contribution in [1.82, 2.24) is 14.4 Å². The van der Waals surface area contributed by atoms with Crippen molar-refractivity contribution in [2.75, 3.05) is 33.3 Å². The van der Waals surface area contributed by atoms with Crippen LogP contribution >= 0.6 is 0 Å². The molecule has 6 heteroatoms. The number of hydrogen-bond acceptors (Lipinski definition) is 3. The van der Waals surface area contributed by atoms with E-state index in [-0.39, 0.29) is 11.8 Å². The summed E-state index contributed by atoms with van der Waals surface area (Å²) in [5.74, 6) is 0.779. The molecule has 1 aromatic heterocycles. The van der Waals surface area contributed by atoms with Crippen molar-refractivity contribution in [2.24, 2.45) is 0 Å². The summed E-state index contributed by atoms with van der Waals surface area (Å²) in [7, 11) is 1.65. The van der Waals surface area contributed by atoms with Crippen molar-refractivity contribution in [2.45, 2.75) is 6.92 Å². The minimum absolute atomic E-state index is 0.0112. The number of ether oxygens (including phenoxy) is 1. The highest BCUT2D eigenvalue weighted by Gasteiger charge is 2.29. The molecule has 40 heavy (non-hydrogen) atoms. The van der Waals surface area contributed by atoms with E-state index in [2.05, 4.69) is 4.57 Å². The zero-order valence-electron chi connectivity index (χ0n) is 22.7. The van der Waals surface area contributed by atoms with Crippen LogP contribution in [-0.4, -0.2) is 59.5 Å². The Balaban J connectivity index is 1.26. The molecule has 1 aliphatic rings. The van der Waals surface area contributed by atoms with Crippen LogP contribution in [-0.2, 0) is 0 Å². The Kier molecular flexibility index (Phi) is 6.83. The van der Waals surface area contributed by atoms with Crippen LogP contribution in [0.25, 0.3) is 27.7 Å². The first kappa shape index (κ1) is 25.4. The lowest BCUT2D eigenvalue weighted by molar-refractivity contribution is 0.0536.